The Morgan fingerprint density at radius 3 is 2.28 bits per heavy atom. The number of benzene rings is 2. The van der Waals surface area contributed by atoms with Gasteiger partial charge in [0, 0.05) is 9.30 Å². The highest BCUT2D eigenvalue weighted by Crippen LogP contribution is 2.28. The highest BCUT2D eigenvalue weighted by atomic mass is 79.9. The first-order valence-electron chi connectivity index (χ1n) is 6.20. The van der Waals surface area contributed by atoms with E-state index in [0.717, 1.165) is 12.8 Å². The van der Waals surface area contributed by atoms with Crippen molar-refractivity contribution in [1.29, 1.82) is 0 Å². The summed E-state index contributed by atoms with van der Waals surface area (Å²) in [7, 11) is 0. The fraction of sp³-hybridized carbons (Fsp3) is 0.250. The minimum atomic E-state index is 0.459. The molecule has 0 heterocycles. The van der Waals surface area contributed by atoms with Crippen LogP contribution in [0.25, 0.3) is 0 Å². The van der Waals surface area contributed by atoms with Crippen LogP contribution in [0.3, 0.4) is 0 Å². The van der Waals surface area contributed by atoms with Gasteiger partial charge in [0.05, 0.1) is 0 Å². The van der Waals surface area contributed by atoms with E-state index in [2.05, 4.69) is 86.5 Å². The van der Waals surface area contributed by atoms with E-state index >= 15 is 0 Å². The van der Waals surface area contributed by atoms with Gasteiger partial charge in [0.25, 0.3) is 0 Å². The quantitative estimate of drug-likeness (QED) is 0.576. The second kappa shape index (κ2) is 7.10. The first-order chi connectivity index (χ1) is 8.77. The van der Waals surface area contributed by atoms with Crippen LogP contribution in [0.1, 0.15) is 28.8 Å². The maximum atomic E-state index is 3.77. The largest absolute Gasteiger partial charge is 0.0839 e. The summed E-state index contributed by atoms with van der Waals surface area (Å²) in [6.07, 6.45) is 3.47. The fourth-order valence-corrected chi connectivity index (χ4v) is 3.11. The molecular weight excluding hydrogens is 352 g/mol. The Hall–Kier alpha value is -0.600. The average Bonchev–Trinajstić information content (AvgIpc) is 2.42. The second-order valence-corrected chi connectivity index (χ2v) is 6.32. The molecule has 2 rings (SSSR count). The van der Waals surface area contributed by atoms with Gasteiger partial charge in [-0.15, -0.1) is 0 Å². The maximum Gasteiger partial charge on any atom is 0.0395 e. The van der Waals surface area contributed by atoms with Gasteiger partial charge < -0.3 is 0 Å². The van der Waals surface area contributed by atoms with E-state index in [9.17, 15) is 0 Å². The first kappa shape index (κ1) is 13.8. The van der Waals surface area contributed by atoms with Crippen molar-refractivity contribution in [2.45, 2.75) is 24.1 Å². The normalized spacial score (nSPS) is 12.3. The Morgan fingerprint density at radius 1 is 0.889 bits per heavy atom. The van der Waals surface area contributed by atoms with Crippen LogP contribution in [-0.2, 0) is 6.42 Å². The van der Waals surface area contributed by atoms with Crippen LogP contribution in [0, 0.1) is 0 Å². The van der Waals surface area contributed by atoms with Gasteiger partial charge in [-0.2, -0.15) is 0 Å². The first-order valence-corrected chi connectivity index (χ1v) is 7.90. The van der Waals surface area contributed by atoms with E-state index in [1.807, 2.05) is 0 Å². The molecule has 0 saturated carbocycles. The van der Waals surface area contributed by atoms with Crippen LogP contribution in [0.4, 0.5) is 0 Å². The van der Waals surface area contributed by atoms with E-state index in [1.165, 1.54) is 22.0 Å². The van der Waals surface area contributed by atoms with Gasteiger partial charge in [-0.1, -0.05) is 80.4 Å². The van der Waals surface area contributed by atoms with Crippen molar-refractivity contribution in [2.75, 3.05) is 0 Å². The van der Waals surface area contributed by atoms with Crippen LogP contribution in [0.15, 0.2) is 59.1 Å². The standard InChI is InChI=1S/C16H16Br2/c17-15-11-5-4-9-14(15)10-6-12-16(18)13-7-2-1-3-8-13/h1-5,7-9,11,16H,6,10,12H2. The Kier molecular flexibility index (Phi) is 5.45. The Morgan fingerprint density at radius 2 is 1.56 bits per heavy atom. The lowest BCUT2D eigenvalue weighted by molar-refractivity contribution is 0.728. The van der Waals surface area contributed by atoms with Crippen molar-refractivity contribution >= 4 is 31.9 Å². The van der Waals surface area contributed by atoms with Crippen LogP contribution in [-0.4, -0.2) is 0 Å². The third kappa shape index (κ3) is 3.96. The molecule has 0 aliphatic rings. The van der Waals surface area contributed by atoms with Crippen molar-refractivity contribution in [3.05, 3.63) is 70.2 Å². The lowest BCUT2D eigenvalue weighted by Gasteiger charge is -2.10. The van der Waals surface area contributed by atoms with E-state index < -0.39 is 0 Å². The van der Waals surface area contributed by atoms with Crippen LogP contribution >= 0.6 is 31.9 Å². The van der Waals surface area contributed by atoms with E-state index in [4.69, 9.17) is 0 Å². The number of hydrogen-bond donors (Lipinski definition) is 0. The summed E-state index contributed by atoms with van der Waals surface area (Å²) in [5.41, 5.74) is 2.76. The van der Waals surface area contributed by atoms with Gasteiger partial charge in [-0.3, -0.25) is 0 Å². The molecule has 0 aliphatic heterocycles. The molecule has 2 aromatic carbocycles. The number of hydrogen-bond acceptors (Lipinski definition) is 0. The number of alkyl halides is 1. The Bertz CT molecular complexity index is 479. The van der Waals surface area contributed by atoms with Gasteiger partial charge in [-0.25, -0.2) is 0 Å². The predicted octanol–water partition coefficient (Wildman–Crippen LogP) is 5.91. The molecule has 0 bridgehead atoms. The highest BCUT2D eigenvalue weighted by molar-refractivity contribution is 9.10. The van der Waals surface area contributed by atoms with E-state index in [0.29, 0.717) is 4.83 Å². The molecule has 0 aromatic heterocycles. The zero-order valence-electron chi connectivity index (χ0n) is 10.2. The lowest BCUT2D eigenvalue weighted by Crippen LogP contribution is -1.93. The van der Waals surface area contributed by atoms with E-state index in [1.54, 1.807) is 0 Å². The van der Waals surface area contributed by atoms with Crippen LogP contribution in [0.5, 0.6) is 0 Å². The molecule has 18 heavy (non-hydrogen) atoms. The summed E-state index contributed by atoms with van der Waals surface area (Å²) in [4.78, 5) is 0.459. The molecule has 94 valence electrons. The van der Waals surface area contributed by atoms with Gasteiger partial charge in [0.15, 0.2) is 0 Å². The van der Waals surface area contributed by atoms with Crippen LogP contribution in [0.2, 0.25) is 0 Å². The molecule has 0 radical (unpaired) electrons. The molecule has 0 saturated heterocycles. The zero-order chi connectivity index (χ0) is 12.8. The number of halogens is 2. The monoisotopic (exact) mass is 366 g/mol. The van der Waals surface area contributed by atoms with Crippen molar-refractivity contribution < 1.29 is 0 Å². The third-order valence-corrected chi connectivity index (χ3v) is 4.78. The van der Waals surface area contributed by atoms with E-state index in [-0.39, 0.29) is 0 Å². The summed E-state index contributed by atoms with van der Waals surface area (Å²) in [6, 6.07) is 19.1. The van der Waals surface area contributed by atoms with Gasteiger partial charge >= 0.3 is 0 Å². The molecule has 0 nitrogen and oxygen atoms in total. The molecule has 0 aliphatic carbocycles. The molecule has 1 unspecified atom stereocenters. The Balaban J connectivity index is 1.84. The molecule has 0 amide bonds. The van der Waals surface area contributed by atoms with Gasteiger partial charge in [0.1, 0.15) is 0 Å². The SMILES string of the molecule is Brc1ccccc1CCCC(Br)c1ccccc1. The summed E-state index contributed by atoms with van der Waals surface area (Å²) >= 11 is 7.36. The minimum Gasteiger partial charge on any atom is -0.0839 e. The summed E-state index contributed by atoms with van der Waals surface area (Å²) < 4.78 is 1.22. The molecule has 0 spiro atoms. The molecule has 1 atom stereocenters. The van der Waals surface area contributed by atoms with Crippen molar-refractivity contribution in [2.24, 2.45) is 0 Å². The summed E-state index contributed by atoms with van der Waals surface area (Å²) in [6.45, 7) is 0. The third-order valence-electron chi connectivity index (χ3n) is 3.02. The van der Waals surface area contributed by atoms with Gasteiger partial charge in [-0.05, 0) is 36.5 Å². The van der Waals surface area contributed by atoms with Crippen molar-refractivity contribution in [3.8, 4) is 0 Å². The van der Waals surface area contributed by atoms with Gasteiger partial charge in [0.2, 0.25) is 0 Å². The molecular formula is C16H16Br2. The topological polar surface area (TPSA) is 0 Å². The summed E-state index contributed by atoms with van der Waals surface area (Å²) in [5.74, 6) is 0. The minimum absolute atomic E-state index is 0.459. The Labute approximate surface area is 126 Å². The van der Waals surface area contributed by atoms with Crippen molar-refractivity contribution in [1.82, 2.24) is 0 Å². The number of rotatable bonds is 5. The highest BCUT2D eigenvalue weighted by Gasteiger charge is 2.07. The maximum absolute atomic E-state index is 3.77. The second-order valence-electron chi connectivity index (χ2n) is 4.36. The van der Waals surface area contributed by atoms with Crippen molar-refractivity contribution in [3.63, 3.8) is 0 Å². The molecule has 2 heteroatoms. The smallest absolute Gasteiger partial charge is 0.0395 e. The zero-order valence-corrected chi connectivity index (χ0v) is 13.3. The summed E-state index contributed by atoms with van der Waals surface area (Å²) in [5, 5.41) is 0. The average molecular weight is 368 g/mol. The van der Waals surface area contributed by atoms with Crippen LogP contribution < -0.4 is 0 Å². The predicted molar refractivity (Wildman–Crippen MR) is 85.2 cm³/mol. The molecule has 0 fully saturated rings. The fourth-order valence-electron chi connectivity index (χ4n) is 2.00. The molecule has 2 aromatic rings. The number of aryl methyl sites for hydroxylation is 1. The lowest BCUT2D eigenvalue weighted by atomic mass is 10.0. The molecule has 0 N–H and O–H groups in total.